The van der Waals surface area contributed by atoms with E-state index in [2.05, 4.69) is 10.6 Å². The number of hydrogen-bond donors (Lipinski definition) is 3. The van der Waals surface area contributed by atoms with Gasteiger partial charge in [0.05, 0.1) is 19.1 Å². The molecule has 0 bridgehead atoms. The minimum absolute atomic E-state index is 0.167. The molecule has 2 amide bonds. The highest BCUT2D eigenvalue weighted by Gasteiger charge is 2.22. The summed E-state index contributed by atoms with van der Waals surface area (Å²) >= 11 is 0. The summed E-state index contributed by atoms with van der Waals surface area (Å²) in [4.78, 5) is 37.4. The van der Waals surface area contributed by atoms with E-state index in [1.54, 1.807) is 56.3 Å². The van der Waals surface area contributed by atoms with E-state index in [0.717, 1.165) is 0 Å². The molecule has 3 N–H and O–H groups in total. The van der Waals surface area contributed by atoms with Crippen molar-refractivity contribution in [3.05, 3.63) is 82.0 Å². The Morgan fingerprint density at radius 1 is 1.18 bits per heavy atom. The van der Waals surface area contributed by atoms with Crippen molar-refractivity contribution < 1.29 is 23.8 Å². The van der Waals surface area contributed by atoms with Crippen LogP contribution >= 0.6 is 0 Å². The molecule has 2 aromatic carbocycles. The predicted molar refractivity (Wildman–Crippen MR) is 126 cm³/mol. The molecule has 0 radical (unpaired) electrons. The largest absolute Gasteiger partial charge is 0.505 e. The van der Waals surface area contributed by atoms with E-state index in [-0.39, 0.29) is 24.5 Å². The smallest absolute Gasteiger partial charge is 0.319 e. The number of nitrogens with one attached hydrogen (secondary N) is 2. The second-order valence-electron chi connectivity index (χ2n) is 7.72. The van der Waals surface area contributed by atoms with Crippen molar-refractivity contribution in [2.45, 2.75) is 26.3 Å². The molecule has 0 aliphatic heterocycles. The average Bonchev–Trinajstić information content (AvgIpc) is 2.81. The minimum atomic E-state index is -0.846. The van der Waals surface area contributed by atoms with Gasteiger partial charge in [0.25, 0.3) is 5.56 Å². The number of esters is 1. The van der Waals surface area contributed by atoms with Crippen LogP contribution in [0.25, 0.3) is 11.1 Å². The SMILES string of the molecule is CCOC(=O)C[C@H](NC(=O)Nc1c(O)c(C)cn(C)c1=O)c1cccc(-c2ccccc2F)c1. The summed E-state index contributed by atoms with van der Waals surface area (Å²) in [7, 11) is 1.50. The van der Waals surface area contributed by atoms with Crippen LogP contribution < -0.4 is 16.2 Å². The number of pyridine rings is 1. The van der Waals surface area contributed by atoms with Gasteiger partial charge in [-0.1, -0.05) is 36.4 Å². The maximum atomic E-state index is 14.3. The lowest BCUT2D eigenvalue weighted by Crippen LogP contribution is -2.36. The first kappa shape index (κ1) is 24.5. The summed E-state index contributed by atoms with van der Waals surface area (Å²) in [6, 6.07) is 11.4. The molecule has 1 heterocycles. The molecular weight excluding hydrogens is 441 g/mol. The number of ether oxygens (including phenoxy) is 1. The van der Waals surface area contributed by atoms with E-state index in [4.69, 9.17) is 4.74 Å². The molecule has 34 heavy (non-hydrogen) atoms. The first-order valence-corrected chi connectivity index (χ1v) is 10.7. The van der Waals surface area contributed by atoms with Gasteiger partial charge in [-0.15, -0.1) is 0 Å². The number of aryl methyl sites for hydroxylation is 2. The molecule has 0 saturated carbocycles. The van der Waals surface area contributed by atoms with Crippen LogP contribution in [-0.2, 0) is 16.6 Å². The number of amides is 2. The predicted octanol–water partition coefficient (Wildman–Crippen LogP) is 4.02. The van der Waals surface area contributed by atoms with Crippen LogP contribution in [0.15, 0.2) is 59.5 Å². The number of nitrogens with zero attached hydrogens (tertiary/aromatic N) is 1. The summed E-state index contributed by atoms with van der Waals surface area (Å²) in [5.74, 6) is -1.29. The molecule has 1 atom stereocenters. The maximum Gasteiger partial charge on any atom is 0.319 e. The number of aromatic hydroxyl groups is 1. The fraction of sp³-hybridized carbons (Fsp3) is 0.240. The Morgan fingerprint density at radius 2 is 1.91 bits per heavy atom. The fourth-order valence-corrected chi connectivity index (χ4v) is 3.56. The first-order valence-electron chi connectivity index (χ1n) is 10.7. The van der Waals surface area contributed by atoms with Gasteiger partial charge in [0.15, 0.2) is 5.69 Å². The van der Waals surface area contributed by atoms with E-state index in [1.165, 1.54) is 23.9 Å². The van der Waals surface area contributed by atoms with Gasteiger partial charge < -0.3 is 25.0 Å². The van der Waals surface area contributed by atoms with Gasteiger partial charge in [0.2, 0.25) is 0 Å². The van der Waals surface area contributed by atoms with Gasteiger partial charge >= 0.3 is 12.0 Å². The number of urea groups is 1. The Bertz CT molecular complexity index is 1270. The van der Waals surface area contributed by atoms with E-state index in [0.29, 0.717) is 22.3 Å². The molecule has 0 saturated heterocycles. The molecule has 0 spiro atoms. The quantitative estimate of drug-likeness (QED) is 0.455. The van der Waals surface area contributed by atoms with E-state index in [9.17, 15) is 23.9 Å². The van der Waals surface area contributed by atoms with Crippen LogP contribution in [0.2, 0.25) is 0 Å². The third-order valence-corrected chi connectivity index (χ3v) is 5.23. The first-order chi connectivity index (χ1) is 16.2. The van der Waals surface area contributed by atoms with Gasteiger partial charge in [-0.3, -0.25) is 9.59 Å². The van der Waals surface area contributed by atoms with Crippen LogP contribution in [0.3, 0.4) is 0 Å². The molecule has 0 unspecified atom stereocenters. The molecule has 3 aromatic rings. The number of benzene rings is 2. The molecular formula is C25H26FN3O5. The maximum absolute atomic E-state index is 14.3. The summed E-state index contributed by atoms with van der Waals surface area (Å²) < 4.78 is 20.6. The van der Waals surface area contributed by atoms with Crippen molar-refractivity contribution in [2.75, 3.05) is 11.9 Å². The lowest BCUT2D eigenvalue weighted by Gasteiger charge is -2.20. The lowest BCUT2D eigenvalue weighted by molar-refractivity contribution is -0.143. The number of halogens is 1. The van der Waals surface area contributed by atoms with Gasteiger partial charge in [-0.05, 0) is 37.1 Å². The standard InChI is InChI=1S/C25H26FN3O5/c1-4-34-21(30)13-20(17-9-7-8-16(12-17)18-10-5-6-11-19(18)26)27-25(33)28-22-23(31)15(2)14-29(3)24(22)32/h5-12,14,20,31H,4,13H2,1-3H3,(H2,27,28,33)/t20-/m0/s1. The second kappa shape index (κ2) is 10.7. The summed E-state index contributed by atoms with van der Waals surface area (Å²) in [6.07, 6.45) is 1.25. The Labute approximate surface area is 196 Å². The third-order valence-electron chi connectivity index (χ3n) is 5.23. The van der Waals surface area contributed by atoms with Crippen molar-refractivity contribution >= 4 is 17.7 Å². The highest BCUT2D eigenvalue weighted by Crippen LogP contribution is 2.28. The third kappa shape index (κ3) is 5.61. The zero-order valence-corrected chi connectivity index (χ0v) is 19.1. The molecule has 8 nitrogen and oxygen atoms in total. The molecule has 0 fully saturated rings. The Balaban J connectivity index is 1.91. The number of hydrogen-bond acceptors (Lipinski definition) is 5. The van der Waals surface area contributed by atoms with Crippen molar-refractivity contribution in [2.24, 2.45) is 7.05 Å². The van der Waals surface area contributed by atoms with Gasteiger partial charge in [0, 0.05) is 24.4 Å². The Kier molecular flexibility index (Phi) is 7.68. The van der Waals surface area contributed by atoms with Gasteiger partial charge in [-0.2, -0.15) is 0 Å². The topological polar surface area (TPSA) is 110 Å². The van der Waals surface area contributed by atoms with E-state index >= 15 is 0 Å². The van der Waals surface area contributed by atoms with Crippen molar-refractivity contribution in [1.82, 2.24) is 9.88 Å². The lowest BCUT2D eigenvalue weighted by atomic mass is 9.97. The molecule has 0 aliphatic rings. The highest BCUT2D eigenvalue weighted by atomic mass is 19.1. The monoisotopic (exact) mass is 467 g/mol. The van der Waals surface area contributed by atoms with Crippen LogP contribution in [0.4, 0.5) is 14.9 Å². The minimum Gasteiger partial charge on any atom is -0.505 e. The molecule has 0 aliphatic carbocycles. The summed E-state index contributed by atoms with van der Waals surface area (Å²) in [6.45, 7) is 3.43. The number of carbonyl (C=O) groups excluding carboxylic acids is 2. The van der Waals surface area contributed by atoms with Gasteiger partial charge in [0.1, 0.15) is 11.6 Å². The summed E-state index contributed by atoms with van der Waals surface area (Å²) in [5.41, 5.74) is 0.994. The van der Waals surface area contributed by atoms with E-state index < -0.39 is 29.4 Å². The van der Waals surface area contributed by atoms with Crippen LogP contribution in [0.5, 0.6) is 5.75 Å². The number of rotatable bonds is 7. The Hall–Kier alpha value is -4.14. The molecule has 9 heteroatoms. The second-order valence-corrected chi connectivity index (χ2v) is 7.72. The van der Waals surface area contributed by atoms with Crippen molar-refractivity contribution in [3.8, 4) is 16.9 Å². The van der Waals surface area contributed by atoms with E-state index in [1.807, 2.05) is 0 Å². The zero-order valence-electron chi connectivity index (χ0n) is 19.1. The van der Waals surface area contributed by atoms with Crippen molar-refractivity contribution in [1.29, 1.82) is 0 Å². The number of aromatic nitrogens is 1. The average molecular weight is 467 g/mol. The molecule has 178 valence electrons. The van der Waals surface area contributed by atoms with Crippen molar-refractivity contribution in [3.63, 3.8) is 0 Å². The molecule has 3 rings (SSSR count). The van der Waals surface area contributed by atoms with Crippen LogP contribution in [0.1, 0.15) is 30.5 Å². The molecule has 1 aromatic heterocycles. The number of carbonyl (C=O) groups is 2. The summed E-state index contributed by atoms with van der Waals surface area (Å²) in [5, 5.41) is 15.3. The highest BCUT2D eigenvalue weighted by molar-refractivity contribution is 5.91. The van der Waals surface area contributed by atoms with Crippen LogP contribution in [-0.4, -0.2) is 28.3 Å². The number of anilines is 1. The zero-order chi connectivity index (χ0) is 24.8. The fourth-order valence-electron chi connectivity index (χ4n) is 3.56. The Morgan fingerprint density at radius 3 is 2.62 bits per heavy atom. The normalized spacial score (nSPS) is 11.5. The van der Waals surface area contributed by atoms with Crippen LogP contribution in [0, 0.1) is 12.7 Å². The van der Waals surface area contributed by atoms with Gasteiger partial charge in [-0.25, -0.2) is 9.18 Å².